The zero-order valence-corrected chi connectivity index (χ0v) is 13.3. The third-order valence-electron chi connectivity index (χ3n) is 3.93. The number of amides is 1. The summed E-state index contributed by atoms with van der Waals surface area (Å²) in [7, 11) is 0. The van der Waals surface area contributed by atoms with Gasteiger partial charge in [0.15, 0.2) is 0 Å². The van der Waals surface area contributed by atoms with Crippen LogP contribution in [0.2, 0.25) is 0 Å². The third-order valence-corrected chi connectivity index (χ3v) is 3.93. The average molecular weight is 321 g/mol. The Balaban J connectivity index is 0.00000176. The van der Waals surface area contributed by atoms with Crippen LogP contribution in [-0.4, -0.2) is 28.7 Å². The van der Waals surface area contributed by atoms with Crippen molar-refractivity contribution in [3.63, 3.8) is 0 Å². The standard InChI is InChI=1S/C16H20N4O.ClH/c1-10-2-4-11(5-3-10)13-8-14(20-19-13)16(21)18-15(9-17)12-6-7-12;/h2-5,8,12,15H,6-7,9,17H2,1H3,(H,18,21)(H,19,20);1H. The van der Waals surface area contributed by atoms with Crippen molar-refractivity contribution in [1.82, 2.24) is 15.5 Å². The molecule has 0 saturated heterocycles. The summed E-state index contributed by atoms with van der Waals surface area (Å²) in [6, 6.07) is 9.91. The molecule has 6 heteroatoms. The minimum atomic E-state index is -0.136. The maximum Gasteiger partial charge on any atom is 0.269 e. The number of rotatable bonds is 5. The summed E-state index contributed by atoms with van der Waals surface area (Å²) in [4.78, 5) is 12.2. The highest BCUT2D eigenvalue weighted by molar-refractivity contribution is 5.93. The van der Waals surface area contributed by atoms with E-state index < -0.39 is 0 Å². The first kappa shape index (κ1) is 16.5. The molecule has 0 aliphatic heterocycles. The van der Waals surface area contributed by atoms with Gasteiger partial charge in [-0.15, -0.1) is 12.4 Å². The SMILES string of the molecule is Cc1ccc(-c2cc(C(=O)NC(CN)C3CC3)[nH]n2)cc1.Cl. The molecule has 1 amide bonds. The number of hydrogen-bond acceptors (Lipinski definition) is 3. The molecule has 4 N–H and O–H groups in total. The molecule has 0 bridgehead atoms. The number of nitrogens with two attached hydrogens (primary N) is 1. The lowest BCUT2D eigenvalue weighted by Crippen LogP contribution is -2.41. The van der Waals surface area contributed by atoms with E-state index in [9.17, 15) is 4.79 Å². The number of carbonyl (C=O) groups excluding carboxylic acids is 1. The van der Waals surface area contributed by atoms with Gasteiger partial charge in [-0.2, -0.15) is 5.10 Å². The number of halogens is 1. The van der Waals surface area contributed by atoms with Crippen LogP contribution in [0, 0.1) is 12.8 Å². The van der Waals surface area contributed by atoms with Crippen LogP contribution < -0.4 is 11.1 Å². The van der Waals surface area contributed by atoms with Gasteiger partial charge in [0, 0.05) is 18.2 Å². The highest BCUT2D eigenvalue weighted by atomic mass is 35.5. The lowest BCUT2D eigenvalue weighted by atomic mass is 10.1. The Morgan fingerprint density at radius 1 is 1.41 bits per heavy atom. The van der Waals surface area contributed by atoms with Crippen LogP contribution in [-0.2, 0) is 0 Å². The van der Waals surface area contributed by atoms with Gasteiger partial charge in [0.2, 0.25) is 0 Å². The maximum atomic E-state index is 12.2. The van der Waals surface area contributed by atoms with Gasteiger partial charge >= 0.3 is 0 Å². The van der Waals surface area contributed by atoms with Crippen molar-refractivity contribution >= 4 is 18.3 Å². The molecule has 1 unspecified atom stereocenters. The summed E-state index contributed by atoms with van der Waals surface area (Å²) in [5.74, 6) is 0.404. The minimum absolute atomic E-state index is 0. The van der Waals surface area contributed by atoms with Crippen LogP contribution >= 0.6 is 12.4 Å². The predicted molar refractivity (Wildman–Crippen MR) is 89.0 cm³/mol. The molecule has 0 spiro atoms. The van der Waals surface area contributed by atoms with E-state index in [1.54, 1.807) is 6.07 Å². The number of benzene rings is 1. The molecule has 1 saturated carbocycles. The molecule has 22 heavy (non-hydrogen) atoms. The lowest BCUT2D eigenvalue weighted by Gasteiger charge is -2.14. The molecule has 1 aromatic heterocycles. The zero-order valence-electron chi connectivity index (χ0n) is 12.5. The van der Waals surface area contributed by atoms with E-state index in [1.165, 1.54) is 5.56 Å². The van der Waals surface area contributed by atoms with E-state index in [0.29, 0.717) is 18.2 Å². The van der Waals surface area contributed by atoms with Crippen LogP contribution in [0.3, 0.4) is 0 Å². The number of aromatic nitrogens is 2. The Kier molecular flexibility index (Phi) is 5.21. The largest absolute Gasteiger partial charge is 0.346 e. The average Bonchev–Trinajstić information content (AvgIpc) is 3.21. The molecule has 1 heterocycles. The molecule has 3 rings (SSSR count). The Labute approximate surface area is 136 Å². The third kappa shape index (κ3) is 3.67. The molecular formula is C16H21ClN4O. The van der Waals surface area contributed by atoms with Crippen molar-refractivity contribution in [2.75, 3.05) is 6.54 Å². The molecular weight excluding hydrogens is 300 g/mol. The fraction of sp³-hybridized carbons (Fsp3) is 0.375. The Morgan fingerprint density at radius 3 is 2.68 bits per heavy atom. The van der Waals surface area contributed by atoms with Crippen molar-refractivity contribution in [3.05, 3.63) is 41.6 Å². The number of nitrogens with one attached hydrogen (secondary N) is 2. The number of H-pyrrole nitrogens is 1. The molecule has 5 nitrogen and oxygen atoms in total. The van der Waals surface area contributed by atoms with Crippen LogP contribution in [0.1, 0.15) is 28.9 Å². The second-order valence-electron chi connectivity index (χ2n) is 5.69. The van der Waals surface area contributed by atoms with Gasteiger partial charge < -0.3 is 11.1 Å². The highest BCUT2D eigenvalue weighted by Crippen LogP contribution is 2.32. The summed E-state index contributed by atoms with van der Waals surface area (Å²) in [5, 5.41) is 10.0. The summed E-state index contributed by atoms with van der Waals surface area (Å²) in [6.45, 7) is 2.52. The van der Waals surface area contributed by atoms with E-state index in [4.69, 9.17) is 5.73 Å². The first-order chi connectivity index (χ1) is 10.2. The molecule has 2 aromatic rings. The number of nitrogens with zero attached hydrogens (tertiary/aromatic N) is 1. The summed E-state index contributed by atoms with van der Waals surface area (Å²) < 4.78 is 0. The van der Waals surface area contributed by atoms with Crippen molar-refractivity contribution in [1.29, 1.82) is 0 Å². The van der Waals surface area contributed by atoms with Crippen LogP contribution in [0.5, 0.6) is 0 Å². The zero-order chi connectivity index (χ0) is 14.8. The number of carbonyl (C=O) groups is 1. The Bertz CT molecular complexity index is 634. The van der Waals surface area contributed by atoms with Crippen molar-refractivity contribution < 1.29 is 4.79 Å². The molecule has 118 valence electrons. The highest BCUT2D eigenvalue weighted by Gasteiger charge is 2.31. The number of hydrogen-bond donors (Lipinski definition) is 3. The van der Waals surface area contributed by atoms with Gasteiger partial charge in [0.1, 0.15) is 5.69 Å². The van der Waals surface area contributed by atoms with Gasteiger partial charge in [-0.1, -0.05) is 29.8 Å². The van der Waals surface area contributed by atoms with Crippen LogP contribution in [0.4, 0.5) is 0 Å². The fourth-order valence-corrected chi connectivity index (χ4v) is 2.42. The Hall–Kier alpha value is -1.85. The monoisotopic (exact) mass is 320 g/mol. The van der Waals surface area contributed by atoms with Gasteiger partial charge in [0.25, 0.3) is 5.91 Å². The smallest absolute Gasteiger partial charge is 0.269 e. The molecule has 1 aliphatic rings. The quantitative estimate of drug-likeness (QED) is 0.790. The fourth-order valence-electron chi connectivity index (χ4n) is 2.42. The normalized spacial score (nSPS) is 15.0. The van der Waals surface area contributed by atoms with Crippen molar-refractivity contribution in [2.24, 2.45) is 11.7 Å². The molecule has 1 aliphatic carbocycles. The first-order valence-electron chi connectivity index (χ1n) is 7.31. The van der Waals surface area contributed by atoms with E-state index in [0.717, 1.165) is 24.1 Å². The Morgan fingerprint density at radius 2 is 2.09 bits per heavy atom. The number of aryl methyl sites for hydroxylation is 1. The van der Waals surface area contributed by atoms with Gasteiger partial charge in [-0.3, -0.25) is 9.89 Å². The van der Waals surface area contributed by atoms with Crippen LogP contribution in [0.25, 0.3) is 11.3 Å². The molecule has 1 atom stereocenters. The van der Waals surface area contributed by atoms with E-state index in [1.807, 2.05) is 31.2 Å². The maximum absolute atomic E-state index is 12.2. The van der Waals surface area contributed by atoms with Gasteiger partial charge in [-0.25, -0.2) is 0 Å². The second kappa shape index (κ2) is 6.94. The van der Waals surface area contributed by atoms with Crippen LogP contribution in [0.15, 0.2) is 30.3 Å². The number of aromatic amines is 1. The van der Waals surface area contributed by atoms with E-state index in [-0.39, 0.29) is 24.4 Å². The minimum Gasteiger partial charge on any atom is -0.346 e. The van der Waals surface area contributed by atoms with E-state index >= 15 is 0 Å². The molecule has 0 radical (unpaired) electrons. The van der Waals surface area contributed by atoms with Crippen molar-refractivity contribution in [3.8, 4) is 11.3 Å². The van der Waals surface area contributed by atoms with E-state index in [2.05, 4.69) is 15.5 Å². The second-order valence-corrected chi connectivity index (χ2v) is 5.69. The van der Waals surface area contributed by atoms with Gasteiger partial charge in [-0.05, 0) is 31.7 Å². The summed E-state index contributed by atoms with van der Waals surface area (Å²) in [6.07, 6.45) is 2.31. The molecule has 1 aromatic carbocycles. The summed E-state index contributed by atoms with van der Waals surface area (Å²) >= 11 is 0. The summed E-state index contributed by atoms with van der Waals surface area (Å²) in [5.41, 5.74) is 9.15. The molecule has 1 fully saturated rings. The lowest BCUT2D eigenvalue weighted by molar-refractivity contribution is 0.0928. The van der Waals surface area contributed by atoms with Gasteiger partial charge in [0.05, 0.1) is 5.69 Å². The van der Waals surface area contributed by atoms with Crippen molar-refractivity contribution in [2.45, 2.75) is 25.8 Å². The first-order valence-corrected chi connectivity index (χ1v) is 7.31. The topological polar surface area (TPSA) is 83.8 Å². The predicted octanol–water partition coefficient (Wildman–Crippen LogP) is 2.27.